The minimum atomic E-state index is 0.101. The Bertz CT molecular complexity index is 387. The van der Waals surface area contributed by atoms with E-state index in [0.717, 1.165) is 11.1 Å². The van der Waals surface area contributed by atoms with E-state index in [-0.39, 0.29) is 11.8 Å². The summed E-state index contributed by atoms with van der Waals surface area (Å²) in [6.07, 6.45) is 0. The average molecular weight is 205 g/mol. The Morgan fingerprint density at radius 3 is 3.00 bits per heavy atom. The smallest absolute Gasteiger partial charge is 0.159 e. The Balaban J connectivity index is 2.40. The maximum atomic E-state index is 11.2. The Hall–Kier alpha value is -1.19. The molecule has 0 radical (unpaired) electrons. The molecular weight excluding hydrogens is 190 g/mol. The van der Waals surface area contributed by atoms with E-state index in [1.165, 1.54) is 5.56 Å². The van der Waals surface area contributed by atoms with Gasteiger partial charge in [-0.2, -0.15) is 0 Å². The molecule has 1 N–H and O–H groups in total. The Morgan fingerprint density at radius 2 is 2.33 bits per heavy atom. The molecule has 1 aromatic rings. The molecule has 1 heterocycles. The van der Waals surface area contributed by atoms with Crippen molar-refractivity contribution in [3.63, 3.8) is 0 Å². The van der Waals surface area contributed by atoms with E-state index in [1.54, 1.807) is 6.92 Å². The van der Waals surface area contributed by atoms with Gasteiger partial charge in [0.15, 0.2) is 5.78 Å². The van der Waals surface area contributed by atoms with Gasteiger partial charge in [-0.3, -0.25) is 4.79 Å². The summed E-state index contributed by atoms with van der Waals surface area (Å²) in [5, 5.41) is 3.20. The number of hydrogen-bond acceptors (Lipinski definition) is 3. The topological polar surface area (TPSA) is 38.3 Å². The number of nitrogens with one attached hydrogen (secondary N) is 1. The fourth-order valence-corrected chi connectivity index (χ4v) is 1.91. The first-order valence-electron chi connectivity index (χ1n) is 5.11. The van der Waals surface area contributed by atoms with Crippen LogP contribution in [0.2, 0.25) is 0 Å². The van der Waals surface area contributed by atoms with Gasteiger partial charge < -0.3 is 10.1 Å². The predicted molar refractivity (Wildman–Crippen MR) is 57.9 cm³/mol. The lowest BCUT2D eigenvalue weighted by molar-refractivity contribution is 0.0842. The molecule has 3 nitrogen and oxygen atoms in total. The van der Waals surface area contributed by atoms with E-state index in [9.17, 15) is 4.79 Å². The minimum absolute atomic E-state index is 0.101. The van der Waals surface area contributed by atoms with Gasteiger partial charge in [-0.05, 0) is 31.2 Å². The largest absolute Gasteiger partial charge is 0.375 e. The van der Waals surface area contributed by atoms with Gasteiger partial charge in [0.1, 0.15) is 0 Å². The van der Waals surface area contributed by atoms with E-state index in [1.807, 2.05) is 25.2 Å². The van der Waals surface area contributed by atoms with Crippen LogP contribution in [-0.4, -0.2) is 19.4 Å². The van der Waals surface area contributed by atoms with Gasteiger partial charge in [-0.25, -0.2) is 0 Å². The number of benzene rings is 1. The number of carbonyl (C=O) groups excluding carboxylic acids is 1. The zero-order valence-corrected chi connectivity index (χ0v) is 9.04. The molecule has 1 aliphatic rings. The summed E-state index contributed by atoms with van der Waals surface area (Å²) in [5.41, 5.74) is 3.12. The molecule has 80 valence electrons. The number of carbonyl (C=O) groups is 1. The van der Waals surface area contributed by atoms with E-state index in [4.69, 9.17) is 4.74 Å². The second kappa shape index (κ2) is 4.13. The van der Waals surface area contributed by atoms with E-state index >= 15 is 0 Å². The van der Waals surface area contributed by atoms with Crippen LogP contribution < -0.4 is 5.32 Å². The maximum absolute atomic E-state index is 11.2. The van der Waals surface area contributed by atoms with Crippen LogP contribution in [0.25, 0.3) is 0 Å². The molecule has 1 aromatic carbocycles. The monoisotopic (exact) mass is 205 g/mol. The number of fused-ring (bicyclic) bond motifs is 1. The highest BCUT2D eigenvalue weighted by Gasteiger charge is 2.19. The molecule has 3 heteroatoms. The average Bonchev–Trinajstić information content (AvgIpc) is 2.27. The van der Waals surface area contributed by atoms with E-state index in [2.05, 4.69) is 5.32 Å². The molecule has 0 saturated heterocycles. The molecule has 0 saturated carbocycles. The lowest BCUT2D eigenvalue weighted by Gasteiger charge is -2.25. The third-order valence-electron chi connectivity index (χ3n) is 2.82. The van der Waals surface area contributed by atoms with Crippen LogP contribution in [0.3, 0.4) is 0 Å². The fraction of sp³-hybridized carbons (Fsp3) is 0.417. The Kier molecular flexibility index (Phi) is 2.84. The SMILES string of the molecule is CNC1COCc2cc(C(C)=O)ccc21. The van der Waals surface area contributed by atoms with Crippen molar-refractivity contribution < 1.29 is 9.53 Å². The van der Waals surface area contributed by atoms with Crippen LogP contribution in [0, 0.1) is 0 Å². The molecule has 1 aliphatic heterocycles. The first-order chi connectivity index (χ1) is 7.22. The summed E-state index contributed by atoms with van der Waals surface area (Å²) in [6, 6.07) is 6.09. The van der Waals surface area contributed by atoms with Crippen molar-refractivity contribution in [3.05, 3.63) is 34.9 Å². The van der Waals surface area contributed by atoms with Gasteiger partial charge in [-0.15, -0.1) is 0 Å². The number of ether oxygens (including phenoxy) is 1. The number of likely N-dealkylation sites (N-methyl/N-ethyl adjacent to an activating group) is 1. The molecule has 0 bridgehead atoms. The summed E-state index contributed by atoms with van der Waals surface area (Å²) in [5.74, 6) is 0.101. The van der Waals surface area contributed by atoms with Crippen LogP contribution in [0.5, 0.6) is 0 Å². The highest BCUT2D eigenvalue weighted by Crippen LogP contribution is 2.25. The van der Waals surface area contributed by atoms with Crippen LogP contribution in [0.15, 0.2) is 18.2 Å². The molecule has 1 atom stereocenters. The minimum Gasteiger partial charge on any atom is -0.375 e. The molecular formula is C12H15NO2. The molecule has 15 heavy (non-hydrogen) atoms. The molecule has 0 aromatic heterocycles. The third-order valence-corrected chi connectivity index (χ3v) is 2.82. The number of ketones is 1. The van der Waals surface area contributed by atoms with Gasteiger partial charge in [0, 0.05) is 5.56 Å². The van der Waals surface area contributed by atoms with Crippen LogP contribution >= 0.6 is 0 Å². The first kappa shape index (κ1) is 10.3. The van der Waals surface area contributed by atoms with Crippen molar-refractivity contribution in [2.75, 3.05) is 13.7 Å². The number of Topliss-reactive ketones (excluding diaryl/α,β-unsaturated/α-hetero) is 1. The summed E-state index contributed by atoms with van der Waals surface area (Å²) in [7, 11) is 1.92. The van der Waals surface area contributed by atoms with Crippen molar-refractivity contribution in [1.29, 1.82) is 0 Å². The van der Waals surface area contributed by atoms with Crippen molar-refractivity contribution >= 4 is 5.78 Å². The van der Waals surface area contributed by atoms with Crippen molar-refractivity contribution in [2.24, 2.45) is 0 Å². The third kappa shape index (κ3) is 1.94. The molecule has 0 fully saturated rings. The summed E-state index contributed by atoms with van der Waals surface area (Å²) in [6.45, 7) is 2.89. The van der Waals surface area contributed by atoms with E-state index < -0.39 is 0 Å². The van der Waals surface area contributed by atoms with Crippen LogP contribution in [0.4, 0.5) is 0 Å². The highest BCUT2D eigenvalue weighted by molar-refractivity contribution is 5.94. The van der Waals surface area contributed by atoms with Gasteiger partial charge in [0.2, 0.25) is 0 Å². The normalized spacial score (nSPS) is 19.7. The van der Waals surface area contributed by atoms with Crippen molar-refractivity contribution in [2.45, 2.75) is 19.6 Å². The molecule has 0 aliphatic carbocycles. The van der Waals surface area contributed by atoms with Gasteiger partial charge in [0.05, 0.1) is 19.3 Å². The summed E-state index contributed by atoms with van der Waals surface area (Å²) >= 11 is 0. The lowest BCUT2D eigenvalue weighted by Crippen LogP contribution is -2.27. The quantitative estimate of drug-likeness (QED) is 0.746. The molecule has 2 rings (SSSR count). The lowest BCUT2D eigenvalue weighted by atomic mass is 9.96. The van der Waals surface area contributed by atoms with Crippen molar-refractivity contribution in [3.8, 4) is 0 Å². The predicted octanol–water partition coefficient (Wildman–Crippen LogP) is 1.68. The number of rotatable bonds is 2. The fourth-order valence-electron chi connectivity index (χ4n) is 1.91. The van der Waals surface area contributed by atoms with Crippen LogP contribution in [0.1, 0.15) is 34.5 Å². The second-order valence-electron chi connectivity index (χ2n) is 3.83. The summed E-state index contributed by atoms with van der Waals surface area (Å²) < 4.78 is 5.46. The standard InChI is InChI=1S/C12H15NO2/c1-8(14)9-3-4-11-10(5-9)6-15-7-12(11)13-2/h3-5,12-13H,6-7H2,1-2H3. The van der Waals surface area contributed by atoms with E-state index in [0.29, 0.717) is 13.2 Å². The Labute approximate surface area is 89.4 Å². The van der Waals surface area contributed by atoms with Gasteiger partial charge >= 0.3 is 0 Å². The van der Waals surface area contributed by atoms with Gasteiger partial charge in [-0.1, -0.05) is 12.1 Å². The molecule has 1 unspecified atom stereocenters. The first-order valence-corrected chi connectivity index (χ1v) is 5.11. The van der Waals surface area contributed by atoms with Crippen LogP contribution in [-0.2, 0) is 11.3 Å². The Morgan fingerprint density at radius 1 is 1.53 bits per heavy atom. The molecule has 0 spiro atoms. The second-order valence-corrected chi connectivity index (χ2v) is 3.83. The van der Waals surface area contributed by atoms with Gasteiger partial charge in [0.25, 0.3) is 0 Å². The summed E-state index contributed by atoms with van der Waals surface area (Å²) in [4.78, 5) is 11.2. The number of hydrogen-bond donors (Lipinski definition) is 1. The zero-order chi connectivity index (χ0) is 10.8. The maximum Gasteiger partial charge on any atom is 0.159 e. The highest BCUT2D eigenvalue weighted by atomic mass is 16.5. The van der Waals surface area contributed by atoms with Crippen molar-refractivity contribution in [1.82, 2.24) is 5.32 Å². The molecule has 0 amide bonds. The zero-order valence-electron chi connectivity index (χ0n) is 9.04.